The molecule has 2 heterocycles. The number of carbonyl (C=O) groups excluding carboxylic acids is 1. The number of carbonyl (C=O) groups is 2. The number of carboxylic acid groups (broad SMARTS) is 1. The van der Waals surface area contributed by atoms with E-state index >= 15 is 0 Å². The fraction of sp³-hybridized carbons (Fsp3) is 0.455. The average Bonchev–Trinajstić information content (AvgIpc) is 2.77. The molecule has 0 bridgehead atoms. The number of nitrogens with one attached hydrogen (secondary N) is 1. The first kappa shape index (κ1) is 21.7. The first-order chi connectivity index (χ1) is 14.6. The van der Waals surface area contributed by atoms with Gasteiger partial charge in [0, 0.05) is 30.3 Å². The highest BCUT2D eigenvalue weighted by atomic mass is 19.1. The number of rotatable bonds is 4. The molecule has 4 rings (SSSR count). The molecule has 7 nitrogen and oxygen atoms in total. The van der Waals surface area contributed by atoms with E-state index in [0.717, 1.165) is 31.4 Å². The second-order valence-corrected chi connectivity index (χ2v) is 7.53. The van der Waals surface area contributed by atoms with Gasteiger partial charge in [-0.25, -0.2) is 14.4 Å². The summed E-state index contributed by atoms with van der Waals surface area (Å²) in [5, 5.41) is 10.2. The van der Waals surface area contributed by atoms with Crippen molar-refractivity contribution >= 4 is 24.0 Å². The Morgan fingerprint density at radius 2 is 1.93 bits per heavy atom. The topological polar surface area (TPSA) is 95.4 Å². The van der Waals surface area contributed by atoms with Gasteiger partial charge in [-0.1, -0.05) is 31.4 Å². The number of amides is 1. The molecule has 1 aromatic heterocycles. The van der Waals surface area contributed by atoms with E-state index in [0.29, 0.717) is 30.5 Å². The number of hydrogen-bond acceptors (Lipinski definition) is 5. The number of nitrogens with zero attached hydrogens (tertiary/aromatic N) is 3. The third kappa shape index (κ3) is 5.52. The van der Waals surface area contributed by atoms with Crippen molar-refractivity contribution in [2.75, 3.05) is 16.8 Å². The smallest absolute Gasteiger partial charge is 0.290 e. The molecule has 0 atom stereocenters. The zero-order chi connectivity index (χ0) is 21.3. The fourth-order valence-corrected chi connectivity index (χ4v) is 3.97. The van der Waals surface area contributed by atoms with Crippen LogP contribution in [0.5, 0.6) is 0 Å². The van der Waals surface area contributed by atoms with Crippen molar-refractivity contribution in [1.82, 2.24) is 9.97 Å². The van der Waals surface area contributed by atoms with Crippen LogP contribution in [0.3, 0.4) is 0 Å². The second kappa shape index (κ2) is 10.7. The van der Waals surface area contributed by atoms with Crippen molar-refractivity contribution in [3.63, 3.8) is 0 Å². The Labute approximate surface area is 175 Å². The summed E-state index contributed by atoms with van der Waals surface area (Å²) in [7, 11) is 0. The maximum absolute atomic E-state index is 14.5. The quantitative estimate of drug-likeness (QED) is 0.727. The van der Waals surface area contributed by atoms with Crippen molar-refractivity contribution in [2.24, 2.45) is 0 Å². The lowest BCUT2D eigenvalue weighted by Gasteiger charge is -2.27. The molecule has 1 saturated carbocycles. The van der Waals surface area contributed by atoms with E-state index in [1.807, 2.05) is 24.3 Å². The Hall–Kier alpha value is -3.03. The summed E-state index contributed by atoms with van der Waals surface area (Å²) in [6, 6.07) is 7.77. The van der Waals surface area contributed by atoms with Crippen molar-refractivity contribution < 1.29 is 19.1 Å². The van der Waals surface area contributed by atoms with Gasteiger partial charge in [0.05, 0.1) is 6.20 Å². The fourth-order valence-electron chi connectivity index (χ4n) is 3.97. The van der Waals surface area contributed by atoms with Crippen molar-refractivity contribution in [3.8, 4) is 11.3 Å². The summed E-state index contributed by atoms with van der Waals surface area (Å²) in [4.78, 5) is 30.9. The molecule has 1 aliphatic heterocycles. The minimum Gasteiger partial charge on any atom is -0.483 e. The number of piperidine rings is 1. The predicted molar refractivity (Wildman–Crippen MR) is 113 cm³/mol. The standard InChI is InChI=1S/C21H25FN4O.CH2O2/c22-18-14-23-21(24-16-8-2-1-3-9-16)25-20(18)15-7-6-10-17(13-15)26-12-5-4-11-19(26)27;2-1-3/h6-7,10,13-14,16H,1-5,8-9,11-12H2,(H,23,24,25);1H,(H,2,3). The Morgan fingerprint density at radius 3 is 2.67 bits per heavy atom. The van der Waals surface area contributed by atoms with Gasteiger partial charge in [-0.15, -0.1) is 0 Å². The number of hydrogen-bond donors (Lipinski definition) is 2. The van der Waals surface area contributed by atoms with Crippen LogP contribution < -0.4 is 10.2 Å². The van der Waals surface area contributed by atoms with Gasteiger partial charge in [-0.2, -0.15) is 0 Å². The summed E-state index contributed by atoms with van der Waals surface area (Å²) < 4.78 is 14.5. The Morgan fingerprint density at radius 1 is 1.17 bits per heavy atom. The Bertz CT molecular complexity index is 871. The molecule has 2 aliphatic rings. The van der Waals surface area contributed by atoms with Gasteiger partial charge >= 0.3 is 0 Å². The molecule has 0 radical (unpaired) electrons. The highest BCUT2D eigenvalue weighted by Gasteiger charge is 2.21. The summed E-state index contributed by atoms with van der Waals surface area (Å²) in [5.41, 5.74) is 1.74. The number of anilines is 2. The molecule has 1 aromatic carbocycles. The zero-order valence-corrected chi connectivity index (χ0v) is 16.9. The van der Waals surface area contributed by atoms with Crippen LogP contribution in [0.25, 0.3) is 11.3 Å². The molecule has 2 aromatic rings. The third-order valence-electron chi connectivity index (χ3n) is 5.44. The molecular formula is C22H27FN4O3. The maximum Gasteiger partial charge on any atom is 0.290 e. The van der Waals surface area contributed by atoms with Crippen LogP contribution in [0.1, 0.15) is 51.4 Å². The minimum atomic E-state index is -0.452. The van der Waals surface area contributed by atoms with Gasteiger partial charge in [-0.05, 0) is 37.8 Å². The van der Waals surface area contributed by atoms with Crippen molar-refractivity contribution in [1.29, 1.82) is 0 Å². The van der Waals surface area contributed by atoms with Crippen LogP contribution in [0, 0.1) is 5.82 Å². The van der Waals surface area contributed by atoms with E-state index in [9.17, 15) is 9.18 Å². The van der Waals surface area contributed by atoms with Crippen molar-refractivity contribution in [2.45, 2.75) is 57.4 Å². The van der Waals surface area contributed by atoms with Gasteiger partial charge in [0.1, 0.15) is 5.69 Å². The van der Waals surface area contributed by atoms with Crippen LogP contribution >= 0.6 is 0 Å². The number of benzene rings is 1. The van der Waals surface area contributed by atoms with Crippen LogP contribution in [0.2, 0.25) is 0 Å². The van der Waals surface area contributed by atoms with Gasteiger partial charge in [0.15, 0.2) is 5.82 Å². The van der Waals surface area contributed by atoms with Crippen LogP contribution in [-0.4, -0.2) is 40.0 Å². The van der Waals surface area contributed by atoms with Crippen molar-refractivity contribution in [3.05, 3.63) is 36.3 Å². The summed E-state index contributed by atoms with van der Waals surface area (Å²) in [5.74, 6) is 0.144. The van der Waals surface area contributed by atoms with Gasteiger partial charge in [0.2, 0.25) is 11.9 Å². The molecule has 2 N–H and O–H groups in total. The van der Waals surface area contributed by atoms with E-state index < -0.39 is 5.82 Å². The molecule has 1 saturated heterocycles. The zero-order valence-electron chi connectivity index (χ0n) is 16.9. The highest BCUT2D eigenvalue weighted by molar-refractivity contribution is 5.94. The Balaban J connectivity index is 0.000000806. The van der Waals surface area contributed by atoms with E-state index in [1.165, 1.54) is 25.5 Å². The summed E-state index contributed by atoms with van der Waals surface area (Å²) >= 11 is 0. The SMILES string of the molecule is O=C1CCCCN1c1cccc(-c2nc(NC3CCCCC3)ncc2F)c1.O=CO. The van der Waals surface area contributed by atoms with E-state index in [-0.39, 0.29) is 18.1 Å². The third-order valence-corrected chi connectivity index (χ3v) is 5.44. The highest BCUT2D eigenvalue weighted by Crippen LogP contribution is 2.28. The van der Waals surface area contributed by atoms with E-state index in [4.69, 9.17) is 9.90 Å². The molecule has 8 heteroatoms. The lowest BCUT2D eigenvalue weighted by atomic mass is 9.96. The predicted octanol–water partition coefficient (Wildman–Crippen LogP) is 4.25. The minimum absolute atomic E-state index is 0.126. The van der Waals surface area contributed by atoms with E-state index in [1.54, 1.807) is 4.90 Å². The summed E-state index contributed by atoms with van der Waals surface area (Å²) in [6.07, 6.45) is 9.61. The maximum atomic E-state index is 14.5. The normalized spacial score (nSPS) is 17.1. The average molecular weight is 414 g/mol. The van der Waals surface area contributed by atoms with Crippen LogP contribution in [0.4, 0.5) is 16.0 Å². The number of halogens is 1. The molecular weight excluding hydrogens is 387 g/mol. The molecule has 2 fully saturated rings. The van der Waals surface area contributed by atoms with Gasteiger partial charge in [0.25, 0.3) is 6.47 Å². The molecule has 1 amide bonds. The van der Waals surface area contributed by atoms with Crippen LogP contribution in [0.15, 0.2) is 30.5 Å². The molecule has 1 aliphatic carbocycles. The van der Waals surface area contributed by atoms with Crippen LogP contribution in [-0.2, 0) is 9.59 Å². The number of aromatic nitrogens is 2. The van der Waals surface area contributed by atoms with Gasteiger partial charge in [-0.3, -0.25) is 9.59 Å². The molecule has 0 spiro atoms. The van der Waals surface area contributed by atoms with Gasteiger partial charge < -0.3 is 15.3 Å². The summed E-state index contributed by atoms with van der Waals surface area (Å²) in [6.45, 7) is 0.461. The first-order valence-corrected chi connectivity index (χ1v) is 10.4. The first-order valence-electron chi connectivity index (χ1n) is 10.4. The van der Waals surface area contributed by atoms with E-state index in [2.05, 4.69) is 15.3 Å². The Kier molecular flexibility index (Phi) is 7.70. The largest absolute Gasteiger partial charge is 0.483 e. The monoisotopic (exact) mass is 414 g/mol. The second-order valence-electron chi connectivity index (χ2n) is 7.53. The molecule has 160 valence electrons. The molecule has 30 heavy (non-hydrogen) atoms. The molecule has 0 unspecified atom stereocenters. The lowest BCUT2D eigenvalue weighted by Crippen LogP contribution is -2.35. The lowest BCUT2D eigenvalue weighted by molar-refractivity contribution is -0.123.